The molecule has 0 radical (unpaired) electrons. The number of nitrogens with zero attached hydrogens (tertiary/aromatic N) is 3. The summed E-state index contributed by atoms with van der Waals surface area (Å²) in [5, 5.41) is 15.9. The topological polar surface area (TPSA) is 203 Å². The van der Waals surface area contributed by atoms with Crippen molar-refractivity contribution in [1.82, 2.24) is 10.2 Å². The third kappa shape index (κ3) is 10.3. The molecule has 17 heteroatoms. The summed E-state index contributed by atoms with van der Waals surface area (Å²) in [7, 11) is 2.31. The van der Waals surface area contributed by atoms with Gasteiger partial charge in [0.2, 0.25) is 11.8 Å². The number of hydrogen-bond acceptors (Lipinski definition) is 14. The zero-order valence-electron chi connectivity index (χ0n) is 43.8. The van der Waals surface area contributed by atoms with Crippen LogP contribution in [-0.2, 0) is 48.3 Å². The van der Waals surface area contributed by atoms with Crippen molar-refractivity contribution in [2.45, 2.75) is 49.0 Å². The van der Waals surface area contributed by atoms with Gasteiger partial charge in [0.1, 0.15) is 29.9 Å². The number of aliphatic hydroxyl groups is 1. The second-order valence-corrected chi connectivity index (χ2v) is 19.6. The number of rotatable bonds is 14. The van der Waals surface area contributed by atoms with E-state index in [-0.39, 0.29) is 36.4 Å². The van der Waals surface area contributed by atoms with Gasteiger partial charge in [-0.25, -0.2) is 9.69 Å². The second kappa shape index (κ2) is 23.4. The van der Waals surface area contributed by atoms with Crippen molar-refractivity contribution in [3.8, 4) is 17.6 Å². The highest BCUT2D eigenvalue weighted by molar-refractivity contribution is 6.25. The number of carbonyl (C=O) groups excluding carboxylic acids is 6. The van der Waals surface area contributed by atoms with Gasteiger partial charge in [-0.15, -0.1) is 0 Å². The van der Waals surface area contributed by atoms with E-state index in [9.17, 15) is 14.7 Å². The van der Waals surface area contributed by atoms with E-state index in [0.717, 1.165) is 30.4 Å². The molecule has 79 heavy (non-hydrogen) atoms. The Kier molecular flexibility index (Phi) is 15.9. The minimum absolute atomic E-state index is 0.00157. The predicted molar refractivity (Wildman–Crippen MR) is 291 cm³/mol. The van der Waals surface area contributed by atoms with Gasteiger partial charge in [0, 0.05) is 36.4 Å². The number of nitrogens with one attached hydrogen (secondary N) is 2. The fourth-order valence-electron chi connectivity index (χ4n) is 11.6. The number of benzene rings is 6. The molecule has 0 aliphatic carbocycles. The van der Waals surface area contributed by atoms with Gasteiger partial charge in [0.15, 0.2) is 5.92 Å². The van der Waals surface area contributed by atoms with Crippen molar-refractivity contribution < 1.29 is 57.6 Å². The first-order valence-electron chi connectivity index (χ1n) is 26.1. The molecule has 10 rings (SSSR count). The van der Waals surface area contributed by atoms with Crippen LogP contribution in [0.2, 0.25) is 0 Å². The third-order valence-electron chi connectivity index (χ3n) is 15.2. The molecule has 4 aliphatic rings. The van der Waals surface area contributed by atoms with Crippen LogP contribution in [0.1, 0.15) is 71.0 Å². The van der Waals surface area contributed by atoms with Crippen molar-refractivity contribution in [2.24, 2.45) is 11.8 Å². The lowest BCUT2D eigenvalue weighted by molar-refractivity contribution is -0.178. The standard InChI is InChI=1S/C62H59N5O12/c1-39(41-15-7-4-8-16-41)63-61(74)66-50-31-22-40(14-13-21-48(57(70)75-2)58(71)76-3)38-49(50)62(60(66)73)51(56(69)64-45-25-27-46(28-26-45)65-32-35-77-36-33-65)53-59(72)79-54(43-19-11-6-12-20-43)52(42-17-9-5-10-18-42)67(53)55(62)44-23-29-47(30-24-44)78-37-34-68/h4-12,15-20,22-31,38-39,48,51-55,68H,21,32-37H2,1-3H3,(H,63,74)(H,64,69)/t39-,51+,52+,53+,54-,55-,62+/m1/s1. The van der Waals surface area contributed by atoms with E-state index in [1.807, 2.05) is 108 Å². The maximum atomic E-state index is 16.9. The Balaban J connectivity index is 1.23. The average Bonchev–Trinajstić information content (AvgIpc) is 2.08. The maximum Gasteiger partial charge on any atom is 0.329 e. The fraction of sp³-hybridized carbons (Fsp3) is 0.290. The summed E-state index contributed by atoms with van der Waals surface area (Å²) in [5.74, 6) is -0.606. The highest BCUT2D eigenvalue weighted by Crippen LogP contribution is 2.66. The quantitative estimate of drug-likeness (QED) is 0.0422. The van der Waals surface area contributed by atoms with Crippen LogP contribution in [0.15, 0.2) is 158 Å². The van der Waals surface area contributed by atoms with E-state index in [4.69, 9.17) is 23.7 Å². The number of methoxy groups -OCH3 is 2. The summed E-state index contributed by atoms with van der Waals surface area (Å²) in [4.78, 5) is 94.8. The third-order valence-corrected chi connectivity index (χ3v) is 15.2. The van der Waals surface area contributed by atoms with E-state index in [0.29, 0.717) is 54.4 Å². The lowest BCUT2D eigenvalue weighted by atomic mass is 9.65. The molecule has 4 heterocycles. The van der Waals surface area contributed by atoms with Gasteiger partial charge >= 0.3 is 23.9 Å². The van der Waals surface area contributed by atoms with Gasteiger partial charge in [0.25, 0.3) is 0 Å². The molecule has 0 saturated carbocycles. The van der Waals surface area contributed by atoms with Crippen LogP contribution >= 0.6 is 0 Å². The van der Waals surface area contributed by atoms with Gasteiger partial charge in [-0.05, 0) is 89.3 Å². The molecule has 0 unspecified atom stereocenters. The number of fused-ring (bicyclic) bond motifs is 3. The van der Waals surface area contributed by atoms with Gasteiger partial charge in [-0.1, -0.05) is 115 Å². The van der Waals surface area contributed by atoms with Crippen LogP contribution in [0.3, 0.4) is 0 Å². The van der Waals surface area contributed by atoms with Crippen molar-refractivity contribution >= 4 is 52.8 Å². The molecule has 3 saturated heterocycles. The van der Waals surface area contributed by atoms with E-state index >= 15 is 19.2 Å². The van der Waals surface area contributed by atoms with Crippen molar-refractivity contribution in [3.63, 3.8) is 0 Å². The number of morpholine rings is 2. The Morgan fingerprint density at radius 2 is 1.39 bits per heavy atom. The van der Waals surface area contributed by atoms with E-state index in [2.05, 4.69) is 27.4 Å². The smallest absolute Gasteiger partial charge is 0.329 e. The normalized spacial score (nSPS) is 21.7. The highest BCUT2D eigenvalue weighted by atomic mass is 16.6. The number of anilines is 3. The zero-order chi connectivity index (χ0) is 55.2. The Bertz CT molecular complexity index is 3260. The molecule has 1 spiro atoms. The zero-order valence-corrected chi connectivity index (χ0v) is 43.8. The Morgan fingerprint density at radius 1 is 0.759 bits per heavy atom. The Labute approximate surface area is 457 Å². The Hall–Kier alpha value is -8.82. The van der Waals surface area contributed by atoms with Crippen LogP contribution in [0.5, 0.6) is 5.75 Å². The minimum atomic E-state index is -2.16. The van der Waals surface area contributed by atoms with Crippen LogP contribution in [0, 0.1) is 23.7 Å². The van der Waals surface area contributed by atoms with Crippen LogP contribution in [0.25, 0.3) is 0 Å². The lowest BCUT2D eigenvalue weighted by Crippen LogP contribution is -2.55. The first-order chi connectivity index (χ1) is 38.5. The molecule has 3 fully saturated rings. The molecule has 4 amide bonds. The van der Waals surface area contributed by atoms with Gasteiger partial charge < -0.3 is 44.3 Å². The first-order valence-corrected chi connectivity index (χ1v) is 26.1. The summed E-state index contributed by atoms with van der Waals surface area (Å²) >= 11 is 0. The number of cyclic esters (lactones) is 1. The molecule has 6 aromatic rings. The molecule has 7 atom stereocenters. The molecular weight excluding hydrogens is 1010 g/mol. The summed E-state index contributed by atoms with van der Waals surface area (Å²) in [6, 6.07) is 42.0. The largest absolute Gasteiger partial charge is 0.491 e. The van der Waals surface area contributed by atoms with Crippen LogP contribution in [-0.4, -0.2) is 106 Å². The van der Waals surface area contributed by atoms with Gasteiger partial charge in [0.05, 0.1) is 63.8 Å². The molecule has 17 nitrogen and oxygen atoms in total. The SMILES string of the molecule is COC(=O)C(CC#Cc1ccc2c(c1)[C@]1(C(=O)N2C(=O)N[C@H](C)c2ccccc2)[C@H](C(=O)Nc2ccc(N3CCOCC3)cc2)[C@H]2C(=O)O[C@H](c3ccccc3)[C@H](c3ccccc3)N2[C@@H]1c1ccc(OCCO)cc1)C(=O)OC. The summed E-state index contributed by atoms with van der Waals surface area (Å²) in [5.41, 5.74) is 2.34. The van der Waals surface area contributed by atoms with Crippen molar-refractivity contribution in [3.05, 3.63) is 191 Å². The molecule has 0 aromatic heterocycles. The molecule has 404 valence electrons. The van der Waals surface area contributed by atoms with Gasteiger partial charge in [-0.2, -0.15) is 0 Å². The number of esters is 3. The number of urea groups is 1. The number of carbonyl (C=O) groups is 6. The van der Waals surface area contributed by atoms with Crippen molar-refractivity contribution in [1.29, 1.82) is 0 Å². The average molecular weight is 1070 g/mol. The maximum absolute atomic E-state index is 16.9. The fourth-order valence-corrected chi connectivity index (χ4v) is 11.6. The monoisotopic (exact) mass is 1070 g/mol. The predicted octanol–water partition coefficient (Wildman–Crippen LogP) is 7.37. The Morgan fingerprint density at radius 3 is 2.03 bits per heavy atom. The number of amides is 4. The number of hydrogen-bond donors (Lipinski definition) is 3. The second-order valence-electron chi connectivity index (χ2n) is 19.6. The summed E-state index contributed by atoms with van der Waals surface area (Å²) in [6.07, 6.45) is -1.28. The van der Waals surface area contributed by atoms with E-state index in [1.54, 1.807) is 61.5 Å². The molecule has 0 bridgehead atoms. The molecule has 3 N–H and O–H groups in total. The lowest BCUT2D eigenvalue weighted by Gasteiger charge is -2.46. The molecule has 6 aromatic carbocycles. The molecule has 4 aliphatic heterocycles. The first kappa shape index (κ1) is 53.6. The highest BCUT2D eigenvalue weighted by Gasteiger charge is 2.75. The van der Waals surface area contributed by atoms with Crippen LogP contribution in [0.4, 0.5) is 21.9 Å². The minimum Gasteiger partial charge on any atom is -0.491 e. The summed E-state index contributed by atoms with van der Waals surface area (Å²) < 4.78 is 27.9. The number of ether oxygens (including phenoxy) is 5. The van der Waals surface area contributed by atoms with E-state index < -0.39 is 83.3 Å². The summed E-state index contributed by atoms with van der Waals surface area (Å²) in [6.45, 7) is 4.03. The van der Waals surface area contributed by atoms with Crippen molar-refractivity contribution in [2.75, 3.05) is 68.9 Å². The number of imide groups is 1. The van der Waals surface area contributed by atoms with Crippen LogP contribution < -0.4 is 25.2 Å². The van der Waals surface area contributed by atoms with Gasteiger partial charge in [-0.3, -0.25) is 28.9 Å². The molecular formula is C62H59N5O12. The number of aliphatic hydroxyl groups excluding tert-OH is 1. The van der Waals surface area contributed by atoms with E-state index in [1.165, 1.54) is 0 Å².